The molecule has 1 heterocycles. The lowest BCUT2D eigenvalue weighted by atomic mass is 9.57. The molecule has 226 valence electrons. The summed E-state index contributed by atoms with van der Waals surface area (Å²) < 4.78 is 6.61. The van der Waals surface area contributed by atoms with Crippen LogP contribution in [0.5, 0.6) is 0 Å². The van der Waals surface area contributed by atoms with Crippen molar-refractivity contribution in [1.82, 2.24) is 0 Å². The van der Waals surface area contributed by atoms with Crippen molar-refractivity contribution >= 4 is 0 Å². The number of ether oxygens (including phenoxy) is 1. The molecule has 0 spiro atoms. The van der Waals surface area contributed by atoms with Gasteiger partial charge in [0.25, 0.3) is 0 Å². The van der Waals surface area contributed by atoms with Gasteiger partial charge in [-0.1, -0.05) is 121 Å². The summed E-state index contributed by atoms with van der Waals surface area (Å²) in [4.78, 5) is 0. The minimum absolute atomic E-state index is 0.00807. The molecular weight excluding hydrogens is 540 g/mol. The monoisotopic (exact) mass is 582 g/mol. The molecule has 1 saturated heterocycles. The number of aliphatic hydroxyl groups excluding tert-OH is 2. The van der Waals surface area contributed by atoms with E-state index in [-0.39, 0.29) is 38.7 Å². The molecule has 6 heteroatoms. The van der Waals surface area contributed by atoms with Crippen molar-refractivity contribution in [2.45, 2.75) is 73.6 Å². The van der Waals surface area contributed by atoms with Gasteiger partial charge in [0.15, 0.2) is 0 Å². The highest BCUT2D eigenvalue weighted by Crippen LogP contribution is 2.51. The van der Waals surface area contributed by atoms with E-state index >= 15 is 0 Å². The Morgan fingerprint density at radius 1 is 0.581 bits per heavy atom. The normalized spacial score (nSPS) is 27.9. The summed E-state index contributed by atoms with van der Waals surface area (Å²) in [6.07, 6.45) is -2.95. The molecule has 4 aromatic carbocycles. The van der Waals surface area contributed by atoms with Crippen LogP contribution in [0.3, 0.4) is 0 Å². The summed E-state index contributed by atoms with van der Waals surface area (Å²) in [7, 11) is 0. The minimum Gasteiger partial charge on any atom is -0.396 e. The maximum absolute atomic E-state index is 13.2. The molecule has 43 heavy (non-hydrogen) atoms. The van der Waals surface area contributed by atoms with Gasteiger partial charge < -0.3 is 30.3 Å². The molecule has 0 aromatic heterocycles. The first-order valence-corrected chi connectivity index (χ1v) is 15.1. The zero-order valence-electron chi connectivity index (χ0n) is 24.4. The Hall–Kier alpha value is -3.36. The van der Waals surface area contributed by atoms with E-state index in [4.69, 9.17) is 4.74 Å². The third-order valence-corrected chi connectivity index (χ3v) is 8.94. The van der Waals surface area contributed by atoms with Crippen molar-refractivity contribution in [2.75, 3.05) is 6.61 Å². The fraction of sp³-hybridized carbons (Fsp3) is 0.351. The first-order chi connectivity index (χ1) is 20.8. The van der Waals surface area contributed by atoms with Gasteiger partial charge in [-0.25, -0.2) is 0 Å². The van der Waals surface area contributed by atoms with E-state index in [2.05, 4.69) is 0 Å². The Morgan fingerprint density at radius 2 is 1.00 bits per heavy atom. The van der Waals surface area contributed by atoms with E-state index < -0.39 is 35.1 Å². The van der Waals surface area contributed by atoms with Gasteiger partial charge in [0.1, 0.15) is 22.9 Å². The number of hydrogen-bond donors (Lipinski definition) is 5. The highest BCUT2D eigenvalue weighted by atomic mass is 16.6. The van der Waals surface area contributed by atoms with E-state index in [1.165, 1.54) is 0 Å². The Bertz CT molecular complexity index is 1400. The summed E-state index contributed by atoms with van der Waals surface area (Å²) in [5, 5.41) is 60.7. The molecule has 1 aliphatic rings. The van der Waals surface area contributed by atoms with Crippen LogP contribution in [0, 0.1) is 0 Å². The molecule has 1 fully saturated rings. The van der Waals surface area contributed by atoms with E-state index in [0.29, 0.717) is 6.42 Å². The maximum Gasteiger partial charge on any atom is 0.132 e. The molecule has 5 rings (SSSR count). The van der Waals surface area contributed by atoms with E-state index in [0.717, 1.165) is 22.3 Å². The zero-order valence-corrected chi connectivity index (χ0v) is 24.4. The third kappa shape index (κ3) is 6.46. The fourth-order valence-corrected chi connectivity index (χ4v) is 6.75. The van der Waals surface area contributed by atoms with Crippen LogP contribution in [0.2, 0.25) is 0 Å². The van der Waals surface area contributed by atoms with Crippen LogP contribution in [0.4, 0.5) is 0 Å². The summed E-state index contributed by atoms with van der Waals surface area (Å²) in [6, 6.07) is 37.4. The van der Waals surface area contributed by atoms with Crippen molar-refractivity contribution in [2.24, 2.45) is 0 Å². The standard InChI is InChI=1S/C37H42O6/c38-23-13-22-33-35(40,25-29-16-7-2-8-17-29)37(42,27-31-20-11-4-12-21-31)36(41,26-30-18-9-3-10-19-30)34(43-33)32(39)24-28-14-5-1-6-15-28/h1-12,14-21,32-34,38-42H,13,22-27H2/t32?,33-,34+,35-,36+,37+/m0/s1. The van der Waals surface area contributed by atoms with Crippen molar-refractivity contribution in [3.05, 3.63) is 144 Å². The molecule has 5 N–H and O–H groups in total. The molecule has 1 aliphatic heterocycles. The lowest BCUT2D eigenvalue weighted by Crippen LogP contribution is -2.83. The number of benzene rings is 4. The highest BCUT2D eigenvalue weighted by molar-refractivity contribution is 5.34. The molecule has 0 saturated carbocycles. The van der Waals surface area contributed by atoms with Gasteiger partial charge in [-0.15, -0.1) is 0 Å². The Morgan fingerprint density at radius 3 is 1.47 bits per heavy atom. The van der Waals surface area contributed by atoms with Gasteiger partial charge >= 0.3 is 0 Å². The number of rotatable bonds is 12. The molecular formula is C37H42O6. The van der Waals surface area contributed by atoms with Crippen molar-refractivity contribution in [3.63, 3.8) is 0 Å². The van der Waals surface area contributed by atoms with Crippen LogP contribution in [-0.2, 0) is 30.4 Å². The predicted molar refractivity (Wildman–Crippen MR) is 166 cm³/mol. The molecule has 6 atom stereocenters. The first-order valence-electron chi connectivity index (χ1n) is 15.1. The smallest absolute Gasteiger partial charge is 0.132 e. The van der Waals surface area contributed by atoms with Crippen LogP contribution in [0.15, 0.2) is 121 Å². The largest absolute Gasteiger partial charge is 0.396 e. The lowest BCUT2D eigenvalue weighted by molar-refractivity contribution is -0.366. The second-order valence-electron chi connectivity index (χ2n) is 11.9. The molecule has 4 aromatic rings. The van der Waals surface area contributed by atoms with Crippen molar-refractivity contribution in [1.29, 1.82) is 0 Å². The van der Waals surface area contributed by atoms with E-state index in [1.807, 2.05) is 121 Å². The topological polar surface area (TPSA) is 110 Å². The van der Waals surface area contributed by atoms with Gasteiger partial charge in [0.05, 0.1) is 12.2 Å². The maximum atomic E-state index is 13.2. The van der Waals surface area contributed by atoms with Gasteiger partial charge in [0.2, 0.25) is 0 Å². The van der Waals surface area contributed by atoms with E-state index in [1.54, 1.807) is 0 Å². The molecule has 0 radical (unpaired) electrons. The molecule has 1 unspecified atom stereocenters. The Balaban J connectivity index is 1.69. The van der Waals surface area contributed by atoms with Crippen LogP contribution in [-0.4, -0.2) is 67.3 Å². The zero-order chi connectivity index (χ0) is 30.3. The van der Waals surface area contributed by atoms with Crippen LogP contribution < -0.4 is 0 Å². The molecule has 0 bridgehead atoms. The average molecular weight is 583 g/mol. The summed E-state index contributed by atoms with van der Waals surface area (Å²) >= 11 is 0. The predicted octanol–water partition coefficient (Wildman–Crippen LogP) is 4.05. The Kier molecular flexibility index (Phi) is 9.77. The van der Waals surface area contributed by atoms with Crippen LogP contribution >= 0.6 is 0 Å². The van der Waals surface area contributed by atoms with E-state index in [9.17, 15) is 25.5 Å². The van der Waals surface area contributed by atoms with Gasteiger partial charge in [-0.2, -0.15) is 0 Å². The summed E-state index contributed by atoms with van der Waals surface area (Å²) in [5.74, 6) is 0. The SMILES string of the molecule is OCCC[C@@H]1O[C@H](C(O)Cc2ccccc2)[C@](O)(Cc2ccccc2)[C@@](O)(Cc2ccccc2)[C@]1(O)Cc1ccccc1. The summed E-state index contributed by atoms with van der Waals surface area (Å²) in [6.45, 7) is -0.135. The lowest BCUT2D eigenvalue weighted by Gasteiger charge is -2.62. The first kappa shape index (κ1) is 31.1. The van der Waals surface area contributed by atoms with Gasteiger partial charge in [0, 0.05) is 32.3 Å². The second kappa shape index (κ2) is 13.5. The fourth-order valence-electron chi connectivity index (χ4n) is 6.75. The number of aliphatic hydroxyl groups is 5. The Labute approximate surface area is 253 Å². The molecule has 6 nitrogen and oxygen atoms in total. The second-order valence-corrected chi connectivity index (χ2v) is 11.9. The van der Waals surface area contributed by atoms with Crippen molar-refractivity contribution in [3.8, 4) is 0 Å². The average Bonchev–Trinajstić information content (AvgIpc) is 3.02. The van der Waals surface area contributed by atoms with Gasteiger partial charge in [-0.05, 0) is 35.1 Å². The van der Waals surface area contributed by atoms with Crippen LogP contribution in [0.25, 0.3) is 0 Å². The molecule has 0 aliphatic carbocycles. The minimum atomic E-state index is -2.19. The van der Waals surface area contributed by atoms with Crippen LogP contribution in [0.1, 0.15) is 35.1 Å². The number of hydrogen-bond acceptors (Lipinski definition) is 6. The highest BCUT2D eigenvalue weighted by Gasteiger charge is 2.71. The van der Waals surface area contributed by atoms with Crippen molar-refractivity contribution < 1.29 is 30.3 Å². The van der Waals surface area contributed by atoms with Gasteiger partial charge in [-0.3, -0.25) is 0 Å². The third-order valence-electron chi connectivity index (χ3n) is 8.94. The quantitative estimate of drug-likeness (QED) is 0.172. The molecule has 0 amide bonds. The summed E-state index contributed by atoms with van der Waals surface area (Å²) in [5.41, 5.74) is -3.24.